The summed E-state index contributed by atoms with van der Waals surface area (Å²) in [5.74, 6) is 0. The molecule has 0 aromatic heterocycles. The summed E-state index contributed by atoms with van der Waals surface area (Å²) in [6.45, 7) is 34.3. The van der Waals surface area contributed by atoms with Gasteiger partial charge in [-0.2, -0.15) is 0 Å². The second-order valence-electron chi connectivity index (χ2n) is 23.1. The molecule has 68 heavy (non-hydrogen) atoms. The summed E-state index contributed by atoms with van der Waals surface area (Å²) < 4.78 is 96.4. The zero-order chi connectivity index (χ0) is 51.8. The molecule has 0 unspecified atom stereocenters. The Kier molecular flexibility index (Phi) is 21.7. The highest BCUT2D eigenvalue weighted by Gasteiger charge is 2.83. The first-order valence-electron chi connectivity index (χ1n) is 22.9. The van der Waals surface area contributed by atoms with Gasteiger partial charge in [0, 0.05) is 48.4 Å². The predicted molar refractivity (Wildman–Crippen MR) is 346 cm³/mol. The van der Waals surface area contributed by atoms with Gasteiger partial charge in [0.25, 0.3) is 0 Å². The first kappa shape index (κ1) is 65.3. The van der Waals surface area contributed by atoms with Gasteiger partial charge in [-0.25, -0.2) is 0 Å². The molecule has 0 saturated carbocycles. The highest BCUT2D eigenvalue weighted by atomic mass is 32.5. The van der Waals surface area contributed by atoms with Crippen molar-refractivity contribution in [1.82, 2.24) is 0 Å². The molecule has 8 bridgehead atoms. The first-order chi connectivity index (χ1) is 30.1. The Bertz CT molecular complexity index is 1760. The molecule has 0 aliphatic carbocycles. The van der Waals surface area contributed by atoms with Crippen LogP contribution in [0.2, 0.25) is 48.4 Å². The second kappa shape index (κ2) is 22.7. The van der Waals surface area contributed by atoms with Crippen molar-refractivity contribution in [2.24, 2.45) is 0 Å². The van der Waals surface area contributed by atoms with Gasteiger partial charge < -0.3 is 49.4 Å². The van der Waals surface area contributed by atoms with Crippen molar-refractivity contribution in [2.75, 3.05) is 156 Å². The van der Waals surface area contributed by atoms with Crippen molar-refractivity contribution in [3.8, 4) is 0 Å². The summed E-state index contributed by atoms with van der Waals surface area (Å²) in [5.41, 5.74) is 0. The van der Waals surface area contributed by atoms with Gasteiger partial charge in [0.2, 0.25) is 0 Å². The number of rotatable bonds is 24. The van der Waals surface area contributed by atoms with E-state index in [0.717, 1.165) is 0 Å². The van der Waals surface area contributed by atoms with Crippen molar-refractivity contribution in [1.29, 1.82) is 0 Å². The molecule has 6 rings (SSSR count). The van der Waals surface area contributed by atoms with Crippen LogP contribution in [0.1, 0.15) is 0 Å². The van der Waals surface area contributed by atoms with E-state index in [0.29, 0.717) is 97.6 Å². The van der Waals surface area contributed by atoms with E-state index in [2.05, 4.69) is 107 Å². The van der Waals surface area contributed by atoms with Crippen molar-refractivity contribution < 1.29 is 49.4 Å². The third-order valence-corrected chi connectivity index (χ3v) is 66.3. The van der Waals surface area contributed by atoms with Crippen molar-refractivity contribution in [2.45, 2.75) is 48.4 Å². The summed E-state index contributed by atoms with van der Waals surface area (Å²) in [7, 11) is -33.7. The van der Waals surface area contributed by atoms with Gasteiger partial charge in [0.15, 0.2) is 0 Å². The fourth-order valence-corrected chi connectivity index (χ4v) is 85.9. The average Bonchev–Trinajstić information content (AvgIpc) is 3.06. The lowest BCUT2D eigenvalue weighted by Crippen LogP contribution is -2.88. The van der Waals surface area contributed by atoms with Gasteiger partial charge in [-0.1, -0.05) is 94.5 Å². The van der Waals surface area contributed by atoms with E-state index in [1.54, 1.807) is 0 Å². The van der Waals surface area contributed by atoms with E-state index in [1.807, 2.05) is 0 Å². The van der Waals surface area contributed by atoms with Crippen LogP contribution in [0.4, 0.5) is 0 Å². The first-order valence-corrected chi connectivity index (χ1v) is 69.4. The van der Waals surface area contributed by atoms with E-state index in [9.17, 15) is 0 Å². The Morgan fingerprint density at radius 3 is 0.324 bits per heavy atom. The summed E-state index contributed by atoms with van der Waals surface area (Å²) in [6, 6.07) is -12.5. The fourth-order valence-electron chi connectivity index (χ4n) is 7.82. The quantitative estimate of drug-likeness (QED) is 0.0675. The summed E-state index contributed by atoms with van der Waals surface area (Å²) in [5, 5.41) is 0. The van der Waals surface area contributed by atoms with E-state index < -0.39 is 119 Å². The number of hydrogen-bond acceptors (Lipinski definition) is 20. The molecule has 0 N–H and O–H groups in total. The van der Waals surface area contributed by atoms with E-state index in [4.69, 9.17) is 144 Å². The van der Waals surface area contributed by atoms with Gasteiger partial charge in [-0.15, -0.1) is 0 Å². The monoisotopic (exact) mass is 1380 g/mol. The fraction of sp³-hybridized carbons (Fsp3) is 1.00. The van der Waals surface area contributed by atoms with Crippen LogP contribution in [-0.2, 0) is 144 Å². The smallest absolute Gasteiger partial charge is 0.373 e. The molecule has 12 nitrogen and oxygen atoms in total. The maximum atomic E-state index is 8.03. The molecule has 36 heteroatoms. The highest BCUT2D eigenvalue weighted by molar-refractivity contribution is 8.16. The van der Waals surface area contributed by atoms with Crippen molar-refractivity contribution in [3.05, 3.63) is 0 Å². The van der Waals surface area contributed by atoms with Crippen LogP contribution in [0.3, 0.4) is 0 Å². The molecule has 6 saturated heterocycles. The van der Waals surface area contributed by atoms with Crippen LogP contribution >= 0.6 is 48.3 Å². The molecule has 6 fully saturated rings. The SMILES string of the molecule is CP(C)(=S)CC[Si]12O[Si]3(CCP(C)(C)=S)O[Si]4(CCP(C)(C)=S)O[Si](CCP(C)(C)=S)(O1)O[Si]1(CCP(C)(C)=S)O[Si](CCP(C)(C)=S)(O2)O[Si](CCP(C)(C)=S)(O3)O[Si](CCP(C)(C)=S)(O4)O1. The maximum absolute atomic E-state index is 8.03. The third-order valence-electron chi connectivity index (χ3n) is 11.4. The lowest BCUT2D eigenvalue weighted by atomic mass is 11.0. The van der Waals surface area contributed by atoms with Gasteiger partial charge in [-0.3, -0.25) is 0 Å². The summed E-state index contributed by atoms with van der Waals surface area (Å²) in [6.07, 6.45) is 4.87. The van der Waals surface area contributed by atoms with E-state index in [1.165, 1.54) is 0 Å². The van der Waals surface area contributed by atoms with Crippen LogP contribution in [-0.4, -0.2) is 226 Å². The van der Waals surface area contributed by atoms with Crippen molar-refractivity contribution >= 4 is 213 Å². The largest absolute Gasteiger partial charge is 0.479 e. The zero-order valence-corrected chi connectivity index (χ0v) is 64.7. The molecular weight excluding hydrogens is 1310 g/mol. The Hall–Kier alpha value is 6.46. The maximum Gasteiger partial charge on any atom is 0.479 e. The van der Waals surface area contributed by atoms with Gasteiger partial charge >= 0.3 is 70.4 Å². The Morgan fingerprint density at radius 1 is 0.191 bits per heavy atom. The minimum atomic E-state index is -4.21. The molecule has 0 aromatic carbocycles. The lowest BCUT2D eigenvalue weighted by Gasteiger charge is -2.63. The van der Waals surface area contributed by atoms with Gasteiger partial charge in [0.1, 0.15) is 0 Å². The summed E-state index contributed by atoms with van der Waals surface area (Å²) >= 11 is 49.9. The minimum absolute atomic E-state index is 0.351. The van der Waals surface area contributed by atoms with Crippen LogP contribution in [0.15, 0.2) is 0 Å². The Balaban J connectivity index is 2.04. The van der Waals surface area contributed by atoms with Crippen LogP contribution in [0.5, 0.6) is 0 Å². The average molecular weight is 1390 g/mol. The third kappa shape index (κ3) is 20.5. The van der Waals surface area contributed by atoms with Crippen molar-refractivity contribution in [3.63, 3.8) is 0 Å². The molecule has 0 spiro atoms. The van der Waals surface area contributed by atoms with Gasteiger partial charge in [0.05, 0.1) is 0 Å². The molecule has 400 valence electrons. The van der Waals surface area contributed by atoms with E-state index >= 15 is 0 Å². The normalized spacial score (nSPS) is 36.2. The summed E-state index contributed by atoms with van der Waals surface area (Å²) in [4.78, 5) is 0. The standard InChI is InChI=1S/C32H80O12P8S8Si8/c1-45(2,53)17-25-61-33-62(26-18-46(3,4)54)36-65(29-21-49(9,10)57)38-63(34-61,27-19-47(5,6)55)40-67(31-23-51(13,14)59)41-64(35-61,28-20-48(7,8)56)39-66(37-62,30-22-50(11,12)58)43-68(42-65,44-67)32-24-52(15,16)60/h17-32H2,1-16H3. The van der Waals surface area contributed by atoms with Crippen LogP contribution < -0.4 is 0 Å². The zero-order valence-electron chi connectivity index (χ0n) is 43.1. The van der Waals surface area contributed by atoms with Crippen LogP contribution in [0.25, 0.3) is 0 Å². The van der Waals surface area contributed by atoms with E-state index in [-0.39, 0.29) is 0 Å². The predicted octanol–water partition coefficient (Wildman–Crippen LogP) is 9.68. The number of hydrogen-bond donors (Lipinski definition) is 0. The molecule has 6 aliphatic rings. The minimum Gasteiger partial charge on any atom is -0.373 e. The molecule has 6 heterocycles. The lowest BCUT2D eigenvalue weighted by molar-refractivity contribution is -0.0281. The molecule has 0 radical (unpaired) electrons. The Morgan fingerprint density at radius 2 is 0.265 bits per heavy atom. The molecule has 0 aromatic rings. The molecule has 0 atom stereocenters. The Labute approximate surface area is 461 Å². The topological polar surface area (TPSA) is 111 Å². The van der Waals surface area contributed by atoms with Crippen LogP contribution in [0, 0.1) is 0 Å². The molecular formula is C32H80O12P8S8Si8. The molecule has 0 amide bonds. The molecule has 6 aliphatic heterocycles. The van der Waals surface area contributed by atoms with Gasteiger partial charge in [-0.05, 0) is 204 Å². The second-order valence-corrected chi connectivity index (χ2v) is 100. The highest BCUT2D eigenvalue weighted by Crippen LogP contribution is 2.59.